The van der Waals surface area contributed by atoms with E-state index in [0.29, 0.717) is 36.4 Å². The molecule has 0 bridgehead atoms. The lowest BCUT2D eigenvalue weighted by Crippen LogP contribution is -2.24. The van der Waals surface area contributed by atoms with Gasteiger partial charge in [0.15, 0.2) is 0 Å². The maximum atomic E-state index is 12.3. The number of rotatable bonds is 5. The molecule has 32 heavy (non-hydrogen) atoms. The number of sulfonamides is 1. The molecule has 2 heterocycles. The summed E-state index contributed by atoms with van der Waals surface area (Å²) >= 11 is 0. The normalized spacial score (nSPS) is 20.3. The minimum absolute atomic E-state index is 0.203. The summed E-state index contributed by atoms with van der Waals surface area (Å²) in [5, 5.41) is 11.0. The molecule has 0 radical (unpaired) electrons. The standard InChI is InChI=1S/C25H25N3O3S/c26-16-23-22-12-11-21(31-20-3-1-4-20)15-24(22)28(19-9-10-19)25(23)17-5-7-18(8-6-17)27-13-2-14-32(27,29)30/h5-8,11-12,15,19-20H,1-4,9-10,13-14H2. The highest BCUT2D eigenvalue weighted by molar-refractivity contribution is 7.93. The first-order valence-corrected chi connectivity index (χ1v) is 13.0. The van der Waals surface area contributed by atoms with Gasteiger partial charge in [-0.3, -0.25) is 4.31 Å². The van der Waals surface area contributed by atoms with Gasteiger partial charge in [0.25, 0.3) is 0 Å². The quantitative estimate of drug-likeness (QED) is 0.552. The predicted molar refractivity (Wildman–Crippen MR) is 124 cm³/mol. The minimum Gasteiger partial charge on any atom is -0.490 e. The van der Waals surface area contributed by atoms with E-state index in [0.717, 1.165) is 53.6 Å². The highest BCUT2D eigenvalue weighted by atomic mass is 32.2. The number of anilines is 1. The lowest BCUT2D eigenvalue weighted by molar-refractivity contribution is 0.120. The fourth-order valence-electron chi connectivity index (χ4n) is 4.87. The van der Waals surface area contributed by atoms with Crippen LogP contribution >= 0.6 is 0 Å². The molecule has 3 aliphatic rings. The molecule has 164 valence electrons. The Kier molecular flexibility index (Phi) is 4.48. The van der Waals surface area contributed by atoms with Crippen LogP contribution in [0.3, 0.4) is 0 Å². The highest BCUT2D eigenvalue weighted by Crippen LogP contribution is 2.46. The molecule has 6 nitrogen and oxygen atoms in total. The van der Waals surface area contributed by atoms with Gasteiger partial charge in [0.2, 0.25) is 10.0 Å². The van der Waals surface area contributed by atoms with E-state index in [2.05, 4.69) is 16.7 Å². The summed E-state index contributed by atoms with van der Waals surface area (Å²) in [6, 6.07) is 16.5. The molecule has 0 atom stereocenters. The molecule has 1 aromatic heterocycles. The van der Waals surface area contributed by atoms with Gasteiger partial charge >= 0.3 is 0 Å². The van der Waals surface area contributed by atoms with Crippen molar-refractivity contribution in [1.29, 1.82) is 5.26 Å². The lowest BCUT2D eigenvalue weighted by Gasteiger charge is -2.26. The number of aromatic nitrogens is 1. The van der Waals surface area contributed by atoms with Crippen LogP contribution in [0.5, 0.6) is 5.75 Å². The van der Waals surface area contributed by atoms with Gasteiger partial charge in [0.1, 0.15) is 11.8 Å². The number of nitriles is 1. The van der Waals surface area contributed by atoms with Gasteiger partial charge in [-0.15, -0.1) is 0 Å². The van der Waals surface area contributed by atoms with Crippen LogP contribution in [0.15, 0.2) is 42.5 Å². The van der Waals surface area contributed by atoms with E-state index < -0.39 is 10.0 Å². The Balaban J connectivity index is 1.45. The Bertz CT molecular complexity index is 1340. The molecule has 2 aliphatic carbocycles. The van der Waals surface area contributed by atoms with Crippen molar-refractivity contribution in [1.82, 2.24) is 4.57 Å². The van der Waals surface area contributed by atoms with Crippen molar-refractivity contribution >= 4 is 26.6 Å². The Morgan fingerprint density at radius 1 is 1.00 bits per heavy atom. The highest BCUT2D eigenvalue weighted by Gasteiger charge is 2.32. The van der Waals surface area contributed by atoms with Gasteiger partial charge in [-0.25, -0.2) is 8.42 Å². The van der Waals surface area contributed by atoms with Crippen LogP contribution in [0.25, 0.3) is 22.2 Å². The first kappa shape index (κ1) is 19.7. The zero-order valence-corrected chi connectivity index (χ0v) is 18.6. The molecular formula is C25H25N3O3S. The van der Waals surface area contributed by atoms with Crippen molar-refractivity contribution in [3.05, 3.63) is 48.0 Å². The van der Waals surface area contributed by atoms with Gasteiger partial charge in [-0.1, -0.05) is 12.1 Å². The third kappa shape index (κ3) is 3.17. The Morgan fingerprint density at radius 2 is 1.78 bits per heavy atom. The minimum atomic E-state index is -3.21. The zero-order valence-electron chi connectivity index (χ0n) is 17.8. The van der Waals surface area contributed by atoms with E-state index in [9.17, 15) is 13.7 Å². The van der Waals surface area contributed by atoms with E-state index in [1.807, 2.05) is 36.4 Å². The number of ether oxygens (including phenoxy) is 1. The van der Waals surface area contributed by atoms with Crippen molar-refractivity contribution in [2.75, 3.05) is 16.6 Å². The summed E-state index contributed by atoms with van der Waals surface area (Å²) in [6.07, 6.45) is 6.59. The van der Waals surface area contributed by atoms with Gasteiger partial charge in [0, 0.05) is 24.0 Å². The SMILES string of the molecule is N#Cc1c(-c2ccc(N3CCCS3(=O)=O)cc2)n(C2CC2)c2cc(OC3CCC3)ccc12. The van der Waals surface area contributed by atoms with Crippen LogP contribution in [-0.4, -0.2) is 31.4 Å². The average Bonchev–Trinajstić information content (AvgIpc) is 3.46. The Labute approximate surface area is 188 Å². The molecule has 0 amide bonds. The second kappa shape index (κ2) is 7.28. The van der Waals surface area contributed by atoms with Gasteiger partial charge in [-0.05, 0) is 68.4 Å². The zero-order chi connectivity index (χ0) is 21.9. The van der Waals surface area contributed by atoms with Crippen molar-refractivity contribution in [3.8, 4) is 23.1 Å². The van der Waals surface area contributed by atoms with E-state index in [4.69, 9.17) is 4.74 Å². The number of hydrogen-bond acceptors (Lipinski definition) is 4. The number of benzene rings is 2. The molecule has 1 aliphatic heterocycles. The summed E-state index contributed by atoms with van der Waals surface area (Å²) < 4.78 is 34.5. The van der Waals surface area contributed by atoms with E-state index >= 15 is 0 Å². The van der Waals surface area contributed by atoms with Crippen molar-refractivity contribution in [2.45, 2.75) is 50.7 Å². The molecule has 6 rings (SSSR count). The molecule has 3 fully saturated rings. The van der Waals surface area contributed by atoms with Crippen molar-refractivity contribution in [3.63, 3.8) is 0 Å². The summed E-state index contributed by atoms with van der Waals surface area (Å²) in [4.78, 5) is 0. The first-order chi connectivity index (χ1) is 15.5. The fourth-order valence-corrected chi connectivity index (χ4v) is 6.43. The number of nitrogens with zero attached hydrogens (tertiary/aromatic N) is 3. The molecule has 2 aromatic carbocycles. The molecule has 2 saturated carbocycles. The Hall–Kier alpha value is -2.98. The van der Waals surface area contributed by atoms with Gasteiger partial charge in [0.05, 0.1) is 34.3 Å². The molecule has 7 heteroatoms. The van der Waals surface area contributed by atoms with Crippen LogP contribution < -0.4 is 9.04 Å². The van der Waals surface area contributed by atoms with Crippen LogP contribution in [-0.2, 0) is 10.0 Å². The Morgan fingerprint density at radius 3 is 2.38 bits per heavy atom. The summed E-state index contributed by atoms with van der Waals surface area (Å²) in [6.45, 7) is 0.525. The van der Waals surface area contributed by atoms with Crippen LogP contribution in [0.1, 0.15) is 50.1 Å². The third-order valence-corrected chi connectivity index (χ3v) is 8.75. The first-order valence-electron chi connectivity index (χ1n) is 11.4. The topological polar surface area (TPSA) is 75.3 Å². The molecule has 3 aromatic rings. The summed E-state index contributed by atoms with van der Waals surface area (Å²) in [5.74, 6) is 1.07. The number of fused-ring (bicyclic) bond motifs is 1. The summed E-state index contributed by atoms with van der Waals surface area (Å²) in [7, 11) is -3.21. The maximum absolute atomic E-state index is 12.3. The van der Waals surface area contributed by atoms with Gasteiger partial charge < -0.3 is 9.30 Å². The second-order valence-electron chi connectivity index (χ2n) is 9.07. The molecule has 0 N–H and O–H groups in total. The lowest BCUT2D eigenvalue weighted by atomic mass is 9.96. The van der Waals surface area contributed by atoms with Gasteiger partial charge in [-0.2, -0.15) is 5.26 Å². The van der Waals surface area contributed by atoms with E-state index in [-0.39, 0.29) is 5.75 Å². The molecular weight excluding hydrogens is 422 g/mol. The van der Waals surface area contributed by atoms with Crippen LogP contribution in [0, 0.1) is 11.3 Å². The van der Waals surface area contributed by atoms with E-state index in [1.165, 1.54) is 10.7 Å². The summed E-state index contributed by atoms with van der Waals surface area (Å²) in [5.41, 5.74) is 4.26. The molecule has 0 spiro atoms. The maximum Gasteiger partial charge on any atom is 0.235 e. The molecule has 1 saturated heterocycles. The van der Waals surface area contributed by atoms with Crippen LogP contribution in [0.4, 0.5) is 5.69 Å². The van der Waals surface area contributed by atoms with Crippen molar-refractivity contribution < 1.29 is 13.2 Å². The number of hydrogen-bond donors (Lipinski definition) is 0. The van der Waals surface area contributed by atoms with E-state index in [1.54, 1.807) is 0 Å². The predicted octanol–water partition coefficient (Wildman–Crippen LogP) is 4.99. The smallest absolute Gasteiger partial charge is 0.235 e. The third-order valence-electron chi connectivity index (χ3n) is 6.88. The fraction of sp³-hybridized carbons (Fsp3) is 0.400. The van der Waals surface area contributed by atoms with Crippen LogP contribution in [0.2, 0.25) is 0 Å². The molecule has 0 unspecified atom stereocenters. The van der Waals surface area contributed by atoms with Crippen molar-refractivity contribution in [2.24, 2.45) is 0 Å². The monoisotopic (exact) mass is 447 g/mol. The largest absolute Gasteiger partial charge is 0.490 e. The second-order valence-corrected chi connectivity index (χ2v) is 11.1. The average molecular weight is 448 g/mol.